The number of ether oxygens (including phenoxy) is 1. The van der Waals surface area contributed by atoms with Crippen LogP contribution >= 0.6 is 0 Å². The number of hydrogen-bond acceptors (Lipinski definition) is 5. The quantitative estimate of drug-likeness (QED) is 0.272. The van der Waals surface area contributed by atoms with Gasteiger partial charge < -0.3 is 25.2 Å². The number of likely N-dealkylation sites (tertiary alicyclic amines) is 1. The molecule has 2 N–H and O–H groups in total. The molecule has 4 rings (SSSR count). The molecule has 1 unspecified atom stereocenters. The summed E-state index contributed by atoms with van der Waals surface area (Å²) in [6.07, 6.45) is 4.72. The summed E-state index contributed by atoms with van der Waals surface area (Å²) in [7, 11) is 0. The molecule has 0 saturated carbocycles. The Morgan fingerprint density at radius 2 is 1.70 bits per heavy atom. The van der Waals surface area contributed by atoms with Gasteiger partial charge in [0, 0.05) is 32.7 Å². The van der Waals surface area contributed by atoms with Gasteiger partial charge in [0.15, 0.2) is 0 Å². The fourth-order valence-electron chi connectivity index (χ4n) is 6.61. The molecule has 2 aromatic carbocycles. The fraction of sp³-hybridized carbons (Fsp3) is 0.583. The summed E-state index contributed by atoms with van der Waals surface area (Å²) in [5, 5.41) is 5.87. The second-order valence-electron chi connectivity index (χ2n) is 13.0. The predicted molar refractivity (Wildman–Crippen MR) is 174 cm³/mol. The number of carbonyl (C=O) groups excluding carboxylic acids is 3. The number of hydrogen-bond donors (Lipinski definition) is 2. The van der Waals surface area contributed by atoms with E-state index in [-0.39, 0.29) is 18.4 Å². The largest absolute Gasteiger partial charge is 0.445 e. The molecule has 2 atom stereocenters. The Hall–Kier alpha value is -3.39. The maximum absolute atomic E-state index is 13.7. The van der Waals surface area contributed by atoms with Gasteiger partial charge in [0.2, 0.25) is 11.8 Å². The molecule has 2 fully saturated rings. The molecule has 1 spiro atoms. The van der Waals surface area contributed by atoms with E-state index >= 15 is 0 Å². The van der Waals surface area contributed by atoms with Gasteiger partial charge in [-0.1, -0.05) is 82.3 Å². The highest BCUT2D eigenvalue weighted by Crippen LogP contribution is 2.34. The Morgan fingerprint density at radius 1 is 1.00 bits per heavy atom. The van der Waals surface area contributed by atoms with Crippen molar-refractivity contribution in [1.29, 1.82) is 0 Å². The number of piperazine rings is 1. The van der Waals surface area contributed by atoms with Gasteiger partial charge in [-0.15, -0.1) is 0 Å². The zero-order chi connectivity index (χ0) is 31.5. The van der Waals surface area contributed by atoms with Gasteiger partial charge in [-0.3, -0.25) is 9.59 Å². The molecule has 2 saturated heterocycles. The lowest BCUT2D eigenvalue weighted by atomic mass is 9.81. The van der Waals surface area contributed by atoms with Gasteiger partial charge in [0.1, 0.15) is 18.2 Å². The van der Waals surface area contributed by atoms with Crippen LogP contribution in [0.2, 0.25) is 0 Å². The summed E-state index contributed by atoms with van der Waals surface area (Å²) < 4.78 is 5.26. The number of nitrogens with one attached hydrogen (secondary N) is 2. The Bertz CT molecular complexity index is 1210. The molecule has 3 amide bonds. The second kappa shape index (κ2) is 16.1. The third kappa shape index (κ3) is 8.84. The highest BCUT2D eigenvalue weighted by Gasteiger charge is 2.53. The van der Waals surface area contributed by atoms with Crippen LogP contribution < -0.4 is 10.6 Å². The van der Waals surface area contributed by atoms with Crippen LogP contribution in [-0.2, 0) is 27.4 Å². The average Bonchev–Trinajstić information content (AvgIpc) is 3.02. The van der Waals surface area contributed by atoms with Crippen LogP contribution in [0, 0.1) is 5.92 Å². The molecular weight excluding hydrogens is 552 g/mol. The summed E-state index contributed by atoms with van der Waals surface area (Å²) in [5.41, 5.74) is 2.93. The second-order valence-corrected chi connectivity index (χ2v) is 13.0. The van der Waals surface area contributed by atoms with Crippen molar-refractivity contribution in [2.24, 2.45) is 5.92 Å². The van der Waals surface area contributed by atoms with Crippen LogP contribution in [0.5, 0.6) is 0 Å². The molecule has 2 aromatic rings. The van der Waals surface area contributed by atoms with Crippen LogP contribution in [-0.4, -0.2) is 72.0 Å². The number of rotatable bonds is 14. The number of alkyl carbamates (subject to hydrolysis) is 1. The van der Waals surface area contributed by atoms with Gasteiger partial charge in [-0.25, -0.2) is 4.79 Å². The molecule has 8 heteroatoms. The number of amides is 3. The molecule has 0 bridgehead atoms. The maximum atomic E-state index is 13.7. The fourth-order valence-corrected chi connectivity index (χ4v) is 6.61. The average molecular weight is 605 g/mol. The molecule has 0 radical (unpaired) electrons. The number of nitrogens with zero attached hydrogens (tertiary/aromatic N) is 2. The lowest BCUT2D eigenvalue weighted by Crippen LogP contribution is -2.72. The summed E-state index contributed by atoms with van der Waals surface area (Å²) in [4.78, 5) is 43.7. The Kier molecular flexibility index (Phi) is 12.2. The van der Waals surface area contributed by atoms with Crippen molar-refractivity contribution in [2.75, 3.05) is 32.7 Å². The number of carbonyl (C=O) groups is 3. The van der Waals surface area contributed by atoms with E-state index in [2.05, 4.69) is 67.5 Å². The molecule has 240 valence electrons. The summed E-state index contributed by atoms with van der Waals surface area (Å²) in [5.74, 6) is 1.08. The Morgan fingerprint density at radius 3 is 2.36 bits per heavy atom. The van der Waals surface area contributed by atoms with Crippen molar-refractivity contribution in [2.45, 2.75) is 96.7 Å². The first-order chi connectivity index (χ1) is 21.2. The van der Waals surface area contributed by atoms with E-state index in [1.807, 2.05) is 35.2 Å². The molecule has 0 aliphatic carbocycles. The molecule has 8 nitrogen and oxygen atoms in total. The van der Waals surface area contributed by atoms with E-state index in [4.69, 9.17) is 4.74 Å². The number of benzene rings is 2. The lowest BCUT2D eigenvalue weighted by Gasteiger charge is -2.52. The van der Waals surface area contributed by atoms with E-state index in [0.717, 1.165) is 38.0 Å². The van der Waals surface area contributed by atoms with Crippen molar-refractivity contribution >= 4 is 17.9 Å². The van der Waals surface area contributed by atoms with Gasteiger partial charge >= 0.3 is 6.09 Å². The zero-order valence-electron chi connectivity index (χ0n) is 27.1. The predicted octanol–water partition coefficient (Wildman–Crippen LogP) is 5.66. The monoisotopic (exact) mass is 604 g/mol. The van der Waals surface area contributed by atoms with E-state index < -0.39 is 17.7 Å². The minimum Gasteiger partial charge on any atom is -0.445 e. The van der Waals surface area contributed by atoms with E-state index in [1.54, 1.807) is 0 Å². The van der Waals surface area contributed by atoms with Crippen LogP contribution in [0.15, 0.2) is 54.6 Å². The van der Waals surface area contributed by atoms with Crippen molar-refractivity contribution < 1.29 is 19.1 Å². The van der Waals surface area contributed by atoms with Crippen LogP contribution in [0.25, 0.3) is 0 Å². The highest BCUT2D eigenvalue weighted by atomic mass is 16.5. The molecule has 44 heavy (non-hydrogen) atoms. The SMILES string of the molecule is CCCN1C(=O)[C@H](CCCCNC(=O)OCc2ccccc2)NC(=O)C12CCN(CC(C)Cc1ccc(C(C)C)cc1)CC2. The Balaban J connectivity index is 1.21. The first-order valence-corrected chi connectivity index (χ1v) is 16.6. The van der Waals surface area contributed by atoms with Crippen molar-refractivity contribution in [3.8, 4) is 0 Å². The van der Waals surface area contributed by atoms with E-state index in [0.29, 0.717) is 57.0 Å². The van der Waals surface area contributed by atoms with E-state index in [1.165, 1.54) is 11.1 Å². The highest BCUT2D eigenvalue weighted by molar-refractivity contribution is 6.00. The Labute approximate surface area is 263 Å². The van der Waals surface area contributed by atoms with Gasteiger partial charge in [-0.05, 0) is 73.5 Å². The molecular formula is C36H52N4O4. The molecule has 2 aliphatic rings. The molecule has 2 heterocycles. The third-order valence-corrected chi connectivity index (χ3v) is 9.14. The number of piperidine rings is 1. The van der Waals surface area contributed by atoms with Crippen molar-refractivity contribution in [3.05, 3.63) is 71.3 Å². The first-order valence-electron chi connectivity index (χ1n) is 16.6. The standard InChI is InChI=1S/C36H52N4O4/c1-5-21-40-33(41)32(13-9-10-20-37-35(43)44-26-30-11-7-6-8-12-30)38-34(42)36(40)18-22-39(23-19-36)25-28(4)24-29-14-16-31(17-15-29)27(2)3/h6-8,11-12,14-17,27-28,32H,5,9-10,13,18-26H2,1-4H3,(H,37,43)(H,38,42)/t28?,32-/m0/s1. The van der Waals surface area contributed by atoms with Gasteiger partial charge in [0.25, 0.3) is 0 Å². The molecule has 0 aromatic heterocycles. The topological polar surface area (TPSA) is 91.0 Å². The minimum absolute atomic E-state index is 0.00361. The van der Waals surface area contributed by atoms with Crippen LogP contribution in [0.1, 0.15) is 88.8 Å². The molecule has 2 aliphatic heterocycles. The van der Waals surface area contributed by atoms with Gasteiger partial charge in [0.05, 0.1) is 0 Å². The lowest BCUT2D eigenvalue weighted by molar-refractivity contribution is -0.161. The van der Waals surface area contributed by atoms with Gasteiger partial charge in [-0.2, -0.15) is 0 Å². The van der Waals surface area contributed by atoms with Crippen LogP contribution in [0.3, 0.4) is 0 Å². The van der Waals surface area contributed by atoms with Crippen molar-refractivity contribution in [3.63, 3.8) is 0 Å². The number of unbranched alkanes of at least 4 members (excludes halogenated alkanes) is 1. The minimum atomic E-state index is -0.750. The first kappa shape index (κ1) is 33.5. The maximum Gasteiger partial charge on any atom is 0.407 e. The normalized spacial score (nSPS) is 19.2. The smallest absolute Gasteiger partial charge is 0.407 e. The summed E-state index contributed by atoms with van der Waals surface area (Å²) in [6.45, 7) is 12.7. The summed E-state index contributed by atoms with van der Waals surface area (Å²) >= 11 is 0. The van der Waals surface area contributed by atoms with E-state index in [9.17, 15) is 14.4 Å². The summed E-state index contributed by atoms with van der Waals surface area (Å²) in [6, 6.07) is 18.0. The van der Waals surface area contributed by atoms with Crippen molar-refractivity contribution in [1.82, 2.24) is 20.4 Å². The third-order valence-electron chi connectivity index (χ3n) is 9.14. The van der Waals surface area contributed by atoms with Crippen LogP contribution in [0.4, 0.5) is 4.79 Å². The zero-order valence-corrected chi connectivity index (χ0v) is 27.1.